The number of aliphatic carboxylic acids is 1. The van der Waals surface area contributed by atoms with Gasteiger partial charge in [0, 0.05) is 12.7 Å². The summed E-state index contributed by atoms with van der Waals surface area (Å²) in [5.74, 6) is -1.52. The molecule has 0 spiro atoms. The molecule has 0 radical (unpaired) electrons. The third-order valence-corrected chi connectivity index (χ3v) is 3.07. The zero-order chi connectivity index (χ0) is 13.2. The van der Waals surface area contributed by atoms with Gasteiger partial charge in [0.05, 0.1) is 0 Å². The summed E-state index contributed by atoms with van der Waals surface area (Å²) in [4.78, 5) is 23.6. The fourth-order valence-electron chi connectivity index (χ4n) is 1.69. The molecule has 0 aliphatic heterocycles. The second-order valence-electron chi connectivity index (χ2n) is 4.17. The zero-order valence-electron chi connectivity index (χ0n) is 10.6. The molecule has 92 valence electrons. The first kappa shape index (κ1) is 13.2. The number of amides is 1. The molecule has 0 aromatic heterocycles. The summed E-state index contributed by atoms with van der Waals surface area (Å²) in [5.41, 5.74) is 4.05. The van der Waals surface area contributed by atoms with Gasteiger partial charge < -0.3 is 10.0 Å². The molecule has 0 unspecified atom stereocenters. The predicted molar refractivity (Wildman–Crippen MR) is 66.3 cm³/mol. The number of hydrogen-bond donors (Lipinski definition) is 1. The molecule has 1 amide bonds. The Kier molecular flexibility index (Phi) is 3.89. The number of aryl methyl sites for hydroxylation is 1. The summed E-state index contributed by atoms with van der Waals surface area (Å²) < 4.78 is 0. The van der Waals surface area contributed by atoms with Crippen LogP contribution < -0.4 is 4.90 Å². The van der Waals surface area contributed by atoms with E-state index < -0.39 is 18.3 Å². The molecule has 0 bridgehead atoms. The van der Waals surface area contributed by atoms with Crippen molar-refractivity contribution in [1.82, 2.24) is 0 Å². The van der Waals surface area contributed by atoms with Crippen LogP contribution in [0.15, 0.2) is 12.1 Å². The van der Waals surface area contributed by atoms with Gasteiger partial charge in [0.1, 0.15) is 6.42 Å². The highest BCUT2D eigenvalue weighted by atomic mass is 16.4. The second-order valence-corrected chi connectivity index (χ2v) is 4.17. The topological polar surface area (TPSA) is 57.6 Å². The maximum atomic E-state index is 11.6. The van der Waals surface area contributed by atoms with Crippen LogP contribution >= 0.6 is 0 Å². The predicted octanol–water partition coefficient (Wildman–Crippen LogP) is 2.05. The fraction of sp³-hybridized carbons (Fsp3) is 0.385. The summed E-state index contributed by atoms with van der Waals surface area (Å²) in [6, 6.07) is 3.78. The minimum Gasteiger partial charge on any atom is -0.481 e. The molecule has 0 heterocycles. The lowest BCUT2D eigenvalue weighted by Gasteiger charge is -2.20. The molecule has 0 aliphatic carbocycles. The highest BCUT2D eigenvalue weighted by molar-refractivity contribution is 6.03. The zero-order valence-corrected chi connectivity index (χ0v) is 10.6. The van der Waals surface area contributed by atoms with Gasteiger partial charge in [0.25, 0.3) is 0 Å². The number of carbonyl (C=O) groups excluding carboxylic acids is 1. The van der Waals surface area contributed by atoms with E-state index in [2.05, 4.69) is 0 Å². The average Bonchev–Trinajstić information content (AvgIpc) is 2.24. The molecule has 17 heavy (non-hydrogen) atoms. The molecule has 4 heteroatoms. The Balaban J connectivity index is 3.05. The van der Waals surface area contributed by atoms with E-state index >= 15 is 0 Å². The Morgan fingerprint density at radius 1 is 1.18 bits per heavy atom. The van der Waals surface area contributed by atoms with Crippen molar-refractivity contribution in [1.29, 1.82) is 0 Å². The van der Waals surface area contributed by atoms with Crippen LogP contribution in [0.25, 0.3) is 0 Å². The lowest BCUT2D eigenvalue weighted by atomic mass is 10.0. The van der Waals surface area contributed by atoms with Crippen LogP contribution in [0.5, 0.6) is 0 Å². The van der Waals surface area contributed by atoms with Gasteiger partial charge >= 0.3 is 5.97 Å². The molecule has 0 aliphatic rings. The minimum atomic E-state index is -1.11. The standard InChI is InChI=1S/C13H17NO3/c1-8-5-6-11(10(3)9(8)2)14(4)12(15)7-13(16)17/h5-6H,7H2,1-4H3,(H,16,17). The highest BCUT2D eigenvalue weighted by Crippen LogP contribution is 2.24. The normalized spacial score (nSPS) is 10.1. The maximum absolute atomic E-state index is 11.6. The minimum absolute atomic E-state index is 0.413. The quantitative estimate of drug-likeness (QED) is 0.816. The molecule has 1 aromatic rings. The van der Waals surface area contributed by atoms with Crippen LogP contribution in [0.2, 0.25) is 0 Å². The molecular formula is C13H17NO3. The van der Waals surface area contributed by atoms with Crippen LogP contribution in [0, 0.1) is 20.8 Å². The lowest BCUT2D eigenvalue weighted by molar-refractivity contribution is -0.140. The smallest absolute Gasteiger partial charge is 0.312 e. The van der Waals surface area contributed by atoms with Gasteiger partial charge in [-0.3, -0.25) is 9.59 Å². The third kappa shape index (κ3) is 2.84. The molecule has 0 saturated heterocycles. The van der Waals surface area contributed by atoms with Crippen molar-refractivity contribution < 1.29 is 14.7 Å². The molecule has 1 rings (SSSR count). The molecule has 4 nitrogen and oxygen atoms in total. The number of rotatable bonds is 3. The van der Waals surface area contributed by atoms with Crippen molar-refractivity contribution in [2.24, 2.45) is 0 Å². The van der Waals surface area contributed by atoms with Crippen molar-refractivity contribution >= 4 is 17.6 Å². The van der Waals surface area contributed by atoms with Crippen molar-refractivity contribution in [3.8, 4) is 0 Å². The van der Waals surface area contributed by atoms with Crippen LogP contribution in [0.4, 0.5) is 5.69 Å². The van der Waals surface area contributed by atoms with Gasteiger partial charge in [-0.25, -0.2) is 0 Å². The number of hydrogen-bond acceptors (Lipinski definition) is 2. The van der Waals surface area contributed by atoms with Gasteiger partial charge in [-0.1, -0.05) is 6.07 Å². The Hall–Kier alpha value is -1.84. The number of anilines is 1. The fourth-order valence-corrected chi connectivity index (χ4v) is 1.69. The average molecular weight is 235 g/mol. The Labute approximate surface area is 101 Å². The monoisotopic (exact) mass is 235 g/mol. The van der Waals surface area contributed by atoms with Gasteiger partial charge in [-0.2, -0.15) is 0 Å². The number of carboxylic acids is 1. The number of nitrogens with zero attached hydrogens (tertiary/aromatic N) is 1. The first-order valence-electron chi connectivity index (χ1n) is 5.39. The van der Waals surface area contributed by atoms with Crippen molar-refractivity contribution in [2.45, 2.75) is 27.2 Å². The van der Waals surface area contributed by atoms with E-state index in [1.807, 2.05) is 32.9 Å². The van der Waals surface area contributed by atoms with Crippen LogP contribution in [0.1, 0.15) is 23.1 Å². The van der Waals surface area contributed by atoms with E-state index in [1.165, 1.54) is 4.90 Å². The molecule has 1 aromatic carbocycles. The van der Waals surface area contributed by atoms with E-state index in [9.17, 15) is 9.59 Å². The summed E-state index contributed by atoms with van der Waals surface area (Å²) >= 11 is 0. The van der Waals surface area contributed by atoms with E-state index in [0.717, 1.165) is 22.4 Å². The summed E-state index contributed by atoms with van der Waals surface area (Å²) in [6.45, 7) is 5.93. The van der Waals surface area contributed by atoms with Gasteiger partial charge in [0.15, 0.2) is 0 Å². The van der Waals surface area contributed by atoms with Gasteiger partial charge in [-0.15, -0.1) is 0 Å². The lowest BCUT2D eigenvalue weighted by Crippen LogP contribution is -2.29. The summed E-state index contributed by atoms with van der Waals surface area (Å²) in [7, 11) is 1.60. The van der Waals surface area contributed by atoms with E-state index in [1.54, 1.807) is 7.05 Å². The number of benzene rings is 1. The molecule has 1 N–H and O–H groups in total. The Bertz CT molecular complexity index is 466. The highest BCUT2D eigenvalue weighted by Gasteiger charge is 2.17. The number of carboxylic acid groups (broad SMARTS) is 1. The summed E-state index contributed by atoms with van der Waals surface area (Å²) in [5, 5.41) is 8.60. The van der Waals surface area contributed by atoms with Crippen LogP contribution in [0.3, 0.4) is 0 Å². The summed E-state index contributed by atoms with van der Waals surface area (Å²) in [6.07, 6.45) is -0.483. The van der Waals surface area contributed by atoms with Crippen molar-refractivity contribution in [3.63, 3.8) is 0 Å². The van der Waals surface area contributed by atoms with Crippen molar-refractivity contribution in [3.05, 3.63) is 28.8 Å². The van der Waals surface area contributed by atoms with Crippen LogP contribution in [-0.4, -0.2) is 24.0 Å². The van der Waals surface area contributed by atoms with Crippen molar-refractivity contribution in [2.75, 3.05) is 11.9 Å². The molecule has 0 saturated carbocycles. The van der Waals surface area contributed by atoms with E-state index in [0.29, 0.717) is 0 Å². The van der Waals surface area contributed by atoms with Gasteiger partial charge in [0.2, 0.25) is 5.91 Å². The van der Waals surface area contributed by atoms with Gasteiger partial charge in [-0.05, 0) is 43.5 Å². The second kappa shape index (κ2) is 4.99. The molecular weight excluding hydrogens is 218 g/mol. The van der Waals surface area contributed by atoms with Crippen LogP contribution in [-0.2, 0) is 9.59 Å². The number of carbonyl (C=O) groups is 2. The first-order chi connectivity index (χ1) is 7.84. The largest absolute Gasteiger partial charge is 0.481 e. The molecule has 0 atom stereocenters. The Morgan fingerprint density at radius 2 is 1.76 bits per heavy atom. The molecule has 0 fully saturated rings. The first-order valence-corrected chi connectivity index (χ1v) is 5.39. The van der Waals surface area contributed by atoms with E-state index in [-0.39, 0.29) is 0 Å². The van der Waals surface area contributed by atoms with E-state index in [4.69, 9.17) is 5.11 Å². The SMILES string of the molecule is Cc1ccc(N(C)C(=O)CC(=O)O)c(C)c1C. The third-order valence-electron chi connectivity index (χ3n) is 3.07. The maximum Gasteiger partial charge on any atom is 0.312 e. The Morgan fingerprint density at radius 3 is 2.29 bits per heavy atom.